The van der Waals surface area contributed by atoms with Crippen LogP contribution in [-0.4, -0.2) is 11.0 Å². The van der Waals surface area contributed by atoms with Crippen LogP contribution in [0.25, 0.3) is 6.08 Å². The summed E-state index contributed by atoms with van der Waals surface area (Å²) >= 11 is 0. The zero-order valence-electron chi connectivity index (χ0n) is 13.0. The lowest BCUT2D eigenvalue weighted by Crippen LogP contribution is -1.96. The molecule has 3 rings (SSSR count). The maximum atomic E-state index is 11.4. The van der Waals surface area contributed by atoms with Crippen molar-refractivity contribution >= 4 is 12.0 Å². The molecule has 2 heterocycles. The Bertz CT molecular complexity index is 689. The van der Waals surface area contributed by atoms with E-state index in [1.54, 1.807) is 25.4 Å². The van der Waals surface area contributed by atoms with Crippen LogP contribution in [0.5, 0.6) is 0 Å². The van der Waals surface area contributed by atoms with Gasteiger partial charge >= 0.3 is 5.97 Å². The highest BCUT2D eigenvalue weighted by Crippen LogP contribution is 2.20. The molecule has 0 saturated carbocycles. The topological polar surface area (TPSA) is 39.2 Å². The van der Waals surface area contributed by atoms with Gasteiger partial charge in [0, 0.05) is 12.4 Å². The Morgan fingerprint density at radius 3 is 2.18 bits per heavy atom. The highest BCUT2D eigenvalue weighted by atomic mass is 16.5. The van der Waals surface area contributed by atoms with E-state index in [0.29, 0.717) is 11.3 Å². The molecule has 0 N–H and O–H groups in total. The number of hydrogen-bond acceptors (Lipinski definition) is 3. The molecule has 0 saturated heterocycles. The van der Waals surface area contributed by atoms with Crippen LogP contribution in [0.15, 0.2) is 66.2 Å². The Morgan fingerprint density at radius 2 is 1.73 bits per heavy atom. The first-order valence-corrected chi connectivity index (χ1v) is 7.10. The van der Waals surface area contributed by atoms with Gasteiger partial charge in [-0.2, -0.15) is 0 Å². The molecular formula is C19H19NO2. The van der Waals surface area contributed by atoms with Crippen LogP contribution in [0.2, 0.25) is 0 Å². The number of allylic oxidation sites excluding steroid dienone is 1. The van der Waals surface area contributed by atoms with E-state index in [2.05, 4.69) is 31.0 Å². The molecule has 0 bridgehead atoms. The lowest BCUT2D eigenvalue weighted by Gasteiger charge is -2.01. The molecule has 1 aromatic carbocycles. The quantitative estimate of drug-likeness (QED) is 0.583. The van der Waals surface area contributed by atoms with E-state index >= 15 is 0 Å². The van der Waals surface area contributed by atoms with Crippen LogP contribution in [0.1, 0.15) is 23.6 Å². The zero-order chi connectivity index (χ0) is 15.9. The van der Waals surface area contributed by atoms with Crippen molar-refractivity contribution in [2.75, 3.05) is 0 Å². The number of aryl methyl sites for hydroxylation is 2. The number of rotatable bonds is 1. The first-order valence-electron chi connectivity index (χ1n) is 7.10. The zero-order valence-corrected chi connectivity index (χ0v) is 13.0. The smallest absolute Gasteiger partial charge is 0.343 e. The summed E-state index contributed by atoms with van der Waals surface area (Å²) < 4.78 is 4.95. The van der Waals surface area contributed by atoms with Gasteiger partial charge in [0.05, 0.1) is 5.57 Å². The van der Waals surface area contributed by atoms with E-state index in [9.17, 15) is 4.79 Å². The monoisotopic (exact) mass is 293 g/mol. The molecule has 0 radical (unpaired) electrons. The summed E-state index contributed by atoms with van der Waals surface area (Å²) in [4.78, 5) is 15.2. The van der Waals surface area contributed by atoms with Gasteiger partial charge in [0.2, 0.25) is 0 Å². The molecular weight excluding hydrogens is 274 g/mol. The Morgan fingerprint density at radius 1 is 1.00 bits per heavy atom. The highest BCUT2D eigenvalue weighted by molar-refractivity contribution is 5.99. The molecule has 0 unspecified atom stereocenters. The number of esters is 1. The largest absolute Gasteiger partial charge is 0.428 e. The van der Waals surface area contributed by atoms with Crippen molar-refractivity contribution in [3.05, 3.63) is 82.9 Å². The second-order valence-corrected chi connectivity index (χ2v) is 5.11. The number of carbonyl (C=O) groups excluding carboxylic acids is 1. The average Bonchev–Trinajstić information content (AvgIpc) is 2.83. The van der Waals surface area contributed by atoms with Gasteiger partial charge in [0.15, 0.2) is 0 Å². The fourth-order valence-electron chi connectivity index (χ4n) is 1.96. The van der Waals surface area contributed by atoms with Crippen molar-refractivity contribution in [1.29, 1.82) is 0 Å². The van der Waals surface area contributed by atoms with Crippen LogP contribution in [0.4, 0.5) is 0 Å². The van der Waals surface area contributed by atoms with Crippen molar-refractivity contribution in [2.24, 2.45) is 0 Å². The SMILES string of the molecule is CC1=C/C(=C\c2ccc(C)c(C)c2)C(=O)O1.c1ccncc1. The molecule has 2 aromatic rings. The molecule has 0 amide bonds. The minimum atomic E-state index is -0.268. The minimum absolute atomic E-state index is 0.268. The molecule has 3 heteroatoms. The summed E-state index contributed by atoms with van der Waals surface area (Å²) in [5.74, 6) is 0.385. The Hall–Kier alpha value is -2.68. The van der Waals surface area contributed by atoms with Crippen molar-refractivity contribution < 1.29 is 9.53 Å². The lowest BCUT2D eigenvalue weighted by molar-refractivity contribution is -0.133. The average molecular weight is 293 g/mol. The van der Waals surface area contributed by atoms with Gasteiger partial charge in [0.25, 0.3) is 0 Å². The van der Waals surface area contributed by atoms with Crippen molar-refractivity contribution in [2.45, 2.75) is 20.8 Å². The summed E-state index contributed by atoms with van der Waals surface area (Å²) in [5.41, 5.74) is 4.12. The van der Waals surface area contributed by atoms with E-state index < -0.39 is 0 Å². The summed E-state index contributed by atoms with van der Waals surface area (Å²) in [6.07, 6.45) is 7.11. The van der Waals surface area contributed by atoms with E-state index in [1.807, 2.05) is 30.3 Å². The molecule has 0 aliphatic carbocycles. The summed E-state index contributed by atoms with van der Waals surface area (Å²) in [6.45, 7) is 5.91. The van der Waals surface area contributed by atoms with Crippen LogP contribution in [0.3, 0.4) is 0 Å². The van der Waals surface area contributed by atoms with Crippen molar-refractivity contribution in [1.82, 2.24) is 4.98 Å². The standard InChI is InChI=1S/C14H14O2.C5H5N/c1-9-4-5-12(6-10(9)2)8-13-7-11(3)16-14(13)15;1-2-4-6-5-3-1/h4-8H,1-3H3;1-5H/b13-8+;. The Kier molecular flexibility index (Phi) is 5.26. The van der Waals surface area contributed by atoms with Crippen LogP contribution < -0.4 is 0 Å². The molecule has 0 spiro atoms. The second-order valence-electron chi connectivity index (χ2n) is 5.11. The Balaban J connectivity index is 0.000000246. The molecule has 1 aliphatic rings. The van der Waals surface area contributed by atoms with Crippen LogP contribution >= 0.6 is 0 Å². The fourth-order valence-corrected chi connectivity index (χ4v) is 1.96. The first kappa shape index (κ1) is 15.7. The van der Waals surface area contributed by atoms with Crippen molar-refractivity contribution in [3.63, 3.8) is 0 Å². The number of pyridine rings is 1. The van der Waals surface area contributed by atoms with Gasteiger partial charge < -0.3 is 4.74 Å². The number of carbonyl (C=O) groups is 1. The van der Waals surface area contributed by atoms with E-state index in [4.69, 9.17) is 4.74 Å². The molecule has 112 valence electrons. The number of aromatic nitrogens is 1. The van der Waals surface area contributed by atoms with Gasteiger partial charge in [-0.25, -0.2) is 4.79 Å². The molecule has 1 aliphatic heterocycles. The lowest BCUT2D eigenvalue weighted by atomic mass is 10.0. The van der Waals surface area contributed by atoms with E-state index in [0.717, 1.165) is 5.56 Å². The predicted molar refractivity (Wildman–Crippen MR) is 88.0 cm³/mol. The number of cyclic esters (lactones) is 1. The summed E-state index contributed by atoms with van der Waals surface area (Å²) in [7, 11) is 0. The normalized spacial score (nSPS) is 15.0. The number of ether oxygens (including phenoxy) is 1. The van der Waals surface area contributed by atoms with Gasteiger partial charge in [-0.05, 0) is 61.7 Å². The molecule has 1 aromatic heterocycles. The number of hydrogen-bond donors (Lipinski definition) is 0. The van der Waals surface area contributed by atoms with Gasteiger partial charge in [0.1, 0.15) is 5.76 Å². The van der Waals surface area contributed by atoms with E-state index in [1.165, 1.54) is 11.1 Å². The third-order valence-corrected chi connectivity index (χ3v) is 3.27. The van der Waals surface area contributed by atoms with Crippen molar-refractivity contribution in [3.8, 4) is 0 Å². The maximum Gasteiger partial charge on any atom is 0.343 e. The predicted octanol–water partition coefficient (Wildman–Crippen LogP) is 4.23. The molecule has 0 fully saturated rings. The van der Waals surface area contributed by atoms with E-state index in [-0.39, 0.29) is 5.97 Å². The summed E-state index contributed by atoms with van der Waals surface area (Å²) in [5, 5.41) is 0. The first-order chi connectivity index (χ1) is 10.6. The third kappa shape index (κ3) is 4.42. The van der Waals surface area contributed by atoms with Gasteiger partial charge in [-0.1, -0.05) is 24.3 Å². The van der Waals surface area contributed by atoms with Gasteiger partial charge in [-0.15, -0.1) is 0 Å². The third-order valence-electron chi connectivity index (χ3n) is 3.27. The Labute approximate surface area is 131 Å². The number of nitrogens with zero attached hydrogens (tertiary/aromatic N) is 1. The number of benzene rings is 1. The molecule has 3 nitrogen and oxygen atoms in total. The molecule has 22 heavy (non-hydrogen) atoms. The minimum Gasteiger partial charge on any atom is -0.428 e. The highest BCUT2D eigenvalue weighted by Gasteiger charge is 2.17. The second kappa shape index (κ2) is 7.36. The molecule has 0 atom stereocenters. The fraction of sp³-hybridized carbons (Fsp3) is 0.158. The maximum absolute atomic E-state index is 11.4. The van der Waals surface area contributed by atoms with Crippen LogP contribution in [-0.2, 0) is 9.53 Å². The summed E-state index contributed by atoms with van der Waals surface area (Å²) in [6, 6.07) is 11.8. The van der Waals surface area contributed by atoms with Gasteiger partial charge in [-0.3, -0.25) is 4.98 Å². The van der Waals surface area contributed by atoms with Crippen LogP contribution in [0, 0.1) is 13.8 Å².